The minimum atomic E-state index is -0.401. The first-order valence-corrected chi connectivity index (χ1v) is 4.45. The quantitative estimate of drug-likeness (QED) is 0.663. The van der Waals surface area contributed by atoms with E-state index < -0.39 is 6.10 Å². The molecular formula is C9H20N2O2. The molecule has 0 rings (SSSR count). The molecule has 0 aromatic heterocycles. The molecule has 4 nitrogen and oxygen atoms in total. The van der Waals surface area contributed by atoms with Crippen LogP contribution < -0.4 is 0 Å². The van der Waals surface area contributed by atoms with E-state index in [1.165, 1.54) is 0 Å². The highest BCUT2D eigenvalue weighted by Gasteiger charge is 2.19. The van der Waals surface area contributed by atoms with Crippen LogP contribution in [0.3, 0.4) is 0 Å². The monoisotopic (exact) mass is 188 g/mol. The van der Waals surface area contributed by atoms with Gasteiger partial charge in [-0.25, -0.2) is 0 Å². The van der Waals surface area contributed by atoms with Gasteiger partial charge in [-0.1, -0.05) is 0 Å². The molecule has 0 saturated heterocycles. The molecule has 13 heavy (non-hydrogen) atoms. The molecule has 0 radical (unpaired) electrons. The van der Waals surface area contributed by atoms with Gasteiger partial charge in [-0.3, -0.25) is 9.69 Å². The average Bonchev–Trinajstić information content (AvgIpc) is 2.00. The predicted molar refractivity (Wildman–Crippen MR) is 52.5 cm³/mol. The largest absolute Gasteiger partial charge is 0.392 e. The fraction of sp³-hybridized carbons (Fsp3) is 0.889. The van der Waals surface area contributed by atoms with Crippen LogP contribution in [-0.2, 0) is 4.79 Å². The van der Waals surface area contributed by atoms with Gasteiger partial charge in [0.1, 0.15) is 0 Å². The van der Waals surface area contributed by atoms with E-state index in [9.17, 15) is 4.79 Å². The molecule has 78 valence electrons. The Morgan fingerprint density at radius 3 is 2.08 bits per heavy atom. The van der Waals surface area contributed by atoms with Gasteiger partial charge in [-0.15, -0.1) is 0 Å². The van der Waals surface area contributed by atoms with Gasteiger partial charge in [-0.05, 0) is 20.9 Å². The van der Waals surface area contributed by atoms with Crippen molar-refractivity contribution in [2.75, 3.05) is 27.7 Å². The van der Waals surface area contributed by atoms with Crippen molar-refractivity contribution in [3.8, 4) is 0 Å². The summed E-state index contributed by atoms with van der Waals surface area (Å²) in [6.07, 6.45) is -0.401. The molecule has 0 fully saturated rings. The number of nitrogens with zero attached hydrogens (tertiary/aromatic N) is 2. The number of hydrogen-bond acceptors (Lipinski definition) is 3. The molecule has 0 aliphatic carbocycles. The Kier molecular flexibility index (Phi) is 4.95. The lowest BCUT2D eigenvalue weighted by atomic mass is 10.2. The Morgan fingerprint density at radius 2 is 1.77 bits per heavy atom. The number of carbonyl (C=O) groups is 1. The zero-order chi connectivity index (χ0) is 10.6. The number of aliphatic hydroxyl groups excluding tert-OH is 1. The highest BCUT2D eigenvalue weighted by Crippen LogP contribution is 2.00. The standard InChI is InChI=1S/C9H20N2O2/c1-7(12)6-11(5)8(2)9(13)10(3)4/h7-8,12H,6H2,1-5H3. The Hall–Kier alpha value is -0.610. The smallest absolute Gasteiger partial charge is 0.239 e. The Morgan fingerprint density at radius 1 is 1.31 bits per heavy atom. The summed E-state index contributed by atoms with van der Waals surface area (Å²) < 4.78 is 0. The number of likely N-dealkylation sites (N-methyl/N-ethyl adjacent to an activating group) is 2. The van der Waals surface area contributed by atoms with E-state index in [4.69, 9.17) is 5.11 Å². The SMILES string of the molecule is CC(O)CN(C)C(C)C(=O)N(C)C. The summed E-state index contributed by atoms with van der Waals surface area (Å²) in [7, 11) is 5.29. The highest BCUT2D eigenvalue weighted by atomic mass is 16.3. The summed E-state index contributed by atoms with van der Waals surface area (Å²) in [5.41, 5.74) is 0. The molecular weight excluding hydrogens is 168 g/mol. The lowest BCUT2D eigenvalue weighted by molar-refractivity contribution is -0.133. The van der Waals surface area contributed by atoms with Crippen molar-refractivity contribution in [1.29, 1.82) is 0 Å². The van der Waals surface area contributed by atoms with Gasteiger partial charge in [0, 0.05) is 20.6 Å². The van der Waals surface area contributed by atoms with Crippen LogP contribution >= 0.6 is 0 Å². The van der Waals surface area contributed by atoms with Gasteiger partial charge < -0.3 is 10.0 Å². The van der Waals surface area contributed by atoms with Crippen LogP contribution in [0.4, 0.5) is 0 Å². The molecule has 4 heteroatoms. The zero-order valence-electron chi connectivity index (χ0n) is 9.11. The predicted octanol–water partition coefficient (Wildman–Crippen LogP) is -0.224. The molecule has 2 atom stereocenters. The van der Waals surface area contributed by atoms with Gasteiger partial charge in [0.05, 0.1) is 12.1 Å². The van der Waals surface area contributed by atoms with E-state index in [1.54, 1.807) is 25.9 Å². The fourth-order valence-electron chi connectivity index (χ4n) is 1.14. The molecule has 0 spiro atoms. The van der Waals surface area contributed by atoms with E-state index in [1.807, 2.05) is 18.9 Å². The van der Waals surface area contributed by atoms with Crippen LogP contribution in [-0.4, -0.2) is 60.6 Å². The van der Waals surface area contributed by atoms with Crippen molar-refractivity contribution in [3.63, 3.8) is 0 Å². The maximum atomic E-state index is 11.5. The molecule has 0 aliphatic heterocycles. The van der Waals surface area contributed by atoms with Crippen LogP contribution in [0.1, 0.15) is 13.8 Å². The Balaban J connectivity index is 4.09. The summed E-state index contributed by atoms with van der Waals surface area (Å²) in [6.45, 7) is 4.06. The van der Waals surface area contributed by atoms with E-state index in [-0.39, 0.29) is 11.9 Å². The van der Waals surface area contributed by atoms with Crippen molar-refractivity contribution < 1.29 is 9.90 Å². The normalized spacial score (nSPS) is 15.6. The van der Waals surface area contributed by atoms with E-state index in [0.29, 0.717) is 6.54 Å². The fourth-order valence-corrected chi connectivity index (χ4v) is 1.14. The van der Waals surface area contributed by atoms with Gasteiger partial charge in [0.25, 0.3) is 0 Å². The molecule has 1 amide bonds. The topological polar surface area (TPSA) is 43.8 Å². The van der Waals surface area contributed by atoms with E-state index in [0.717, 1.165) is 0 Å². The highest BCUT2D eigenvalue weighted by molar-refractivity contribution is 5.80. The number of amides is 1. The van der Waals surface area contributed by atoms with E-state index >= 15 is 0 Å². The summed E-state index contributed by atoms with van der Waals surface area (Å²) in [4.78, 5) is 14.9. The van der Waals surface area contributed by atoms with Gasteiger partial charge in [0.15, 0.2) is 0 Å². The minimum absolute atomic E-state index is 0.0585. The second-order valence-electron chi connectivity index (χ2n) is 3.70. The van der Waals surface area contributed by atoms with Crippen LogP contribution in [0.15, 0.2) is 0 Å². The molecule has 0 heterocycles. The van der Waals surface area contributed by atoms with Crippen LogP contribution in [0.5, 0.6) is 0 Å². The maximum absolute atomic E-state index is 11.5. The molecule has 0 aromatic carbocycles. The zero-order valence-corrected chi connectivity index (χ0v) is 9.11. The first kappa shape index (κ1) is 12.4. The second kappa shape index (κ2) is 5.19. The number of aliphatic hydroxyl groups is 1. The maximum Gasteiger partial charge on any atom is 0.239 e. The third-order valence-corrected chi connectivity index (χ3v) is 2.01. The molecule has 0 aliphatic rings. The summed E-state index contributed by atoms with van der Waals surface area (Å²) in [5, 5.41) is 9.13. The van der Waals surface area contributed by atoms with Crippen LogP contribution in [0, 0.1) is 0 Å². The van der Waals surface area contributed by atoms with Gasteiger partial charge in [0.2, 0.25) is 5.91 Å². The summed E-state index contributed by atoms with van der Waals surface area (Å²) in [5.74, 6) is 0.0585. The molecule has 2 unspecified atom stereocenters. The lowest BCUT2D eigenvalue weighted by Crippen LogP contribution is -2.44. The van der Waals surface area contributed by atoms with Crippen molar-refractivity contribution in [2.24, 2.45) is 0 Å². The lowest BCUT2D eigenvalue weighted by Gasteiger charge is -2.27. The summed E-state index contributed by atoms with van der Waals surface area (Å²) >= 11 is 0. The Labute approximate surface area is 80.1 Å². The first-order chi connectivity index (χ1) is 5.86. The van der Waals surface area contributed by atoms with Crippen molar-refractivity contribution in [2.45, 2.75) is 26.0 Å². The van der Waals surface area contributed by atoms with Crippen LogP contribution in [0.25, 0.3) is 0 Å². The number of carbonyl (C=O) groups excluding carboxylic acids is 1. The van der Waals surface area contributed by atoms with Crippen molar-refractivity contribution >= 4 is 5.91 Å². The van der Waals surface area contributed by atoms with Crippen molar-refractivity contribution in [1.82, 2.24) is 9.80 Å². The number of rotatable bonds is 4. The summed E-state index contributed by atoms with van der Waals surface area (Å²) in [6, 6.07) is -0.176. The van der Waals surface area contributed by atoms with Gasteiger partial charge in [-0.2, -0.15) is 0 Å². The third-order valence-electron chi connectivity index (χ3n) is 2.01. The minimum Gasteiger partial charge on any atom is -0.392 e. The van der Waals surface area contributed by atoms with E-state index in [2.05, 4.69) is 0 Å². The second-order valence-corrected chi connectivity index (χ2v) is 3.70. The third kappa shape index (κ3) is 4.24. The average molecular weight is 188 g/mol. The van der Waals surface area contributed by atoms with Crippen LogP contribution in [0.2, 0.25) is 0 Å². The first-order valence-electron chi connectivity index (χ1n) is 4.45. The molecule has 0 aromatic rings. The molecule has 1 N–H and O–H groups in total. The van der Waals surface area contributed by atoms with Gasteiger partial charge >= 0.3 is 0 Å². The molecule has 0 saturated carbocycles. The number of hydrogen-bond donors (Lipinski definition) is 1. The Bertz CT molecular complexity index is 169. The van der Waals surface area contributed by atoms with Crippen molar-refractivity contribution in [3.05, 3.63) is 0 Å². The molecule has 0 bridgehead atoms.